The molecule has 1 aliphatic heterocycles. The number of aromatic nitrogens is 1. The first-order chi connectivity index (χ1) is 12.7. The second-order valence-corrected chi connectivity index (χ2v) is 8.68. The molecular weight excluding hydrogens is 366 g/mol. The Kier molecular flexibility index (Phi) is 5.26. The molecule has 7 heteroatoms. The molecule has 26 heavy (non-hydrogen) atoms. The Morgan fingerprint density at radius 2 is 1.92 bits per heavy atom. The van der Waals surface area contributed by atoms with Gasteiger partial charge in [-0.2, -0.15) is 0 Å². The van der Waals surface area contributed by atoms with Crippen LogP contribution in [0, 0.1) is 0 Å². The normalized spacial score (nSPS) is 19.7. The summed E-state index contributed by atoms with van der Waals surface area (Å²) in [5.74, 6) is 0.934. The van der Waals surface area contributed by atoms with Gasteiger partial charge in [0.1, 0.15) is 6.04 Å². The van der Waals surface area contributed by atoms with E-state index in [-0.39, 0.29) is 11.8 Å². The highest BCUT2D eigenvalue weighted by Crippen LogP contribution is 2.30. The minimum absolute atomic E-state index is 0.0920. The number of thiazole rings is 1. The standard InChI is InChI=1S/C19H21N3O2S2/c23-17(21-19-20-14-9-5-2-6-10-16(14)26-19)15-11-25-12-22(15)18(24)13-7-3-1-4-8-13/h1,3-4,7-8,15H,2,5-6,9-12H2,(H,20,21,23)/t15-/m0/s1. The molecule has 136 valence electrons. The molecule has 1 aromatic carbocycles. The van der Waals surface area contributed by atoms with Crippen LogP contribution in [0.4, 0.5) is 5.13 Å². The van der Waals surface area contributed by atoms with Crippen LogP contribution in [0.3, 0.4) is 0 Å². The van der Waals surface area contributed by atoms with Gasteiger partial charge in [-0.25, -0.2) is 4.98 Å². The quantitative estimate of drug-likeness (QED) is 0.818. The van der Waals surface area contributed by atoms with Crippen LogP contribution >= 0.6 is 23.1 Å². The number of aryl methyl sites for hydroxylation is 2. The molecule has 0 radical (unpaired) electrons. The number of anilines is 1. The van der Waals surface area contributed by atoms with Crippen molar-refractivity contribution in [1.82, 2.24) is 9.88 Å². The number of nitrogens with one attached hydrogen (secondary N) is 1. The predicted octanol–water partition coefficient (Wildman–Crippen LogP) is 3.57. The fourth-order valence-corrected chi connectivity index (χ4v) is 5.58. The van der Waals surface area contributed by atoms with Gasteiger partial charge in [-0.05, 0) is 37.8 Å². The highest BCUT2D eigenvalue weighted by Gasteiger charge is 2.35. The Balaban J connectivity index is 1.46. The first-order valence-electron chi connectivity index (χ1n) is 8.95. The molecule has 1 aromatic heterocycles. The molecule has 1 N–H and O–H groups in total. The monoisotopic (exact) mass is 387 g/mol. The summed E-state index contributed by atoms with van der Waals surface area (Å²) in [5, 5.41) is 3.63. The van der Waals surface area contributed by atoms with Crippen LogP contribution < -0.4 is 5.32 Å². The van der Waals surface area contributed by atoms with Gasteiger partial charge in [0.2, 0.25) is 5.91 Å². The van der Waals surface area contributed by atoms with Crippen molar-refractivity contribution in [2.75, 3.05) is 16.9 Å². The lowest BCUT2D eigenvalue weighted by Gasteiger charge is -2.22. The first-order valence-corrected chi connectivity index (χ1v) is 10.9. The molecule has 4 rings (SSSR count). The summed E-state index contributed by atoms with van der Waals surface area (Å²) in [4.78, 5) is 33.1. The zero-order valence-electron chi connectivity index (χ0n) is 14.4. The van der Waals surface area contributed by atoms with Gasteiger partial charge in [0.15, 0.2) is 5.13 Å². The van der Waals surface area contributed by atoms with Gasteiger partial charge in [0.25, 0.3) is 5.91 Å². The summed E-state index contributed by atoms with van der Waals surface area (Å²) in [6.07, 6.45) is 5.67. The molecule has 0 saturated carbocycles. The summed E-state index contributed by atoms with van der Waals surface area (Å²) >= 11 is 3.20. The van der Waals surface area contributed by atoms with E-state index in [0.29, 0.717) is 22.3 Å². The highest BCUT2D eigenvalue weighted by molar-refractivity contribution is 7.99. The molecule has 2 heterocycles. The van der Waals surface area contributed by atoms with E-state index in [1.165, 1.54) is 24.1 Å². The number of fused-ring (bicyclic) bond motifs is 1. The zero-order chi connectivity index (χ0) is 17.9. The first kappa shape index (κ1) is 17.5. The molecule has 5 nitrogen and oxygen atoms in total. The maximum atomic E-state index is 12.8. The lowest BCUT2D eigenvalue weighted by molar-refractivity contribution is -0.119. The molecule has 0 spiro atoms. The third-order valence-electron chi connectivity index (χ3n) is 4.79. The molecule has 1 aliphatic carbocycles. The molecule has 1 saturated heterocycles. The van der Waals surface area contributed by atoms with Crippen molar-refractivity contribution in [3.63, 3.8) is 0 Å². The predicted molar refractivity (Wildman–Crippen MR) is 106 cm³/mol. The number of rotatable bonds is 3. The molecule has 2 aliphatic rings. The Morgan fingerprint density at radius 3 is 2.77 bits per heavy atom. The van der Waals surface area contributed by atoms with Crippen LogP contribution in [-0.2, 0) is 17.6 Å². The van der Waals surface area contributed by atoms with Gasteiger partial charge in [-0.15, -0.1) is 23.1 Å². The Hall–Kier alpha value is -1.86. The van der Waals surface area contributed by atoms with E-state index < -0.39 is 6.04 Å². The van der Waals surface area contributed by atoms with E-state index in [2.05, 4.69) is 10.3 Å². The van der Waals surface area contributed by atoms with Crippen molar-refractivity contribution in [2.45, 2.75) is 38.1 Å². The lowest BCUT2D eigenvalue weighted by Crippen LogP contribution is -2.44. The number of hydrogen-bond acceptors (Lipinski definition) is 5. The van der Waals surface area contributed by atoms with Crippen LogP contribution in [-0.4, -0.2) is 39.4 Å². The van der Waals surface area contributed by atoms with Gasteiger partial charge in [0, 0.05) is 16.2 Å². The number of amides is 2. The van der Waals surface area contributed by atoms with Gasteiger partial charge in [-0.1, -0.05) is 24.6 Å². The van der Waals surface area contributed by atoms with Gasteiger partial charge in [0.05, 0.1) is 11.6 Å². The summed E-state index contributed by atoms with van der Waals surface area (Å²) in [7, 11) is 0. The van der Waals surface area contributed by atoms with Crippen LogP contribution in [0.5, 0.6) is 0 Å². The summed E-state index contributed by atoms with van der Waals surface area (Å²) in [6.45, 7) is 0. The van der Waals surface area contributed by atoms with Crippen LogP contribution in [0.25, 0.3) is 0 Å². The van der Waals surface area contributed by atoms with E-state index in [9.17, 15) is 9.59 Å². The summed E-state index contributed by atoms with van der Waals surface area (Å²) in [6, 6.07) is 8.70. The molecule has 1 atom stereocenters. The van der Waals surface area contributed by atoms with E-state index in [0.717, 1.165) is 18.5 Å². The lowest BCUT2D eigenvalue weighted by atomic mass is 10.1. The summed E-state index contributed by atoms with van der Waals surface area (Å²) in [5.41, 5.74) is 1.76. The smallest absolute Gasteiger partial charge is 0.255 e. The van der Waals surface area contributed by atoms with E-state index in [1.54, 1.807) is 40.1 Å². The van der Waals surface area contributed by atoms with Crippen molar-refractivity contribution in [3.05, 3.63) is 46.5 Å². The SMILES string of the molecule is O=C(Nc1nc2c(s1)CCCCC2)[C@@H]1CSCN1C(=O)c1ccccc1. The Bertz CT molecular complexity index is 783. The average molecular weight is 388 g/mol. The van der Waals surface area contributed by atoms with Crippen LogP contribution in [0.15, 0.2) is 30.3 Å². The van der Waals surface area contributed by atoms with Crippen molar-refractivity contribution in [1.29, 1.82) is 0 Å². The molecule has 2 amide bonds. The van der Waals surface area contributed by atoms with Crippen molar-refractivity contribution < 1.29 is 9.59 Å². The Labute approximate surface area is 161 Å². The summed E-state index contributed by atoms with van der Waals surface area (Å²) < 4.78 is 0. The number of carbonyl (C=O) groups excluding carboxylic acids is 2. The largest absolute Gasteiger partial charge is 0.316 e. The molecule has 2 aromatic rings. The zero-order valence-corrected chi connectivity index (χ0v) is 16.1. The van der Waals surface area contributed by atoms with Crippen LogP contribution in [0.2, 0.25) is 0 Å². The van der Waals surface area contributed by atoms with Gasteiger partial charge in [-0.3, -0.25) is 9.59 Å². The Morgan fingerprint density at radius 1 is 1.12 bits per heavy atom. The van der Waals surface area contributed by atoms with E-state index in [4.69, 9.17) is 0 Å². The second-order valence-electron chi connectivity index (χ2n) is 6.60. The number of thioether (sulfide) groups is 1. The maximum Gasteiger partial charge on any atom is 0.255 e. The number of benzene rings is 1. The molecule has 1 fully saturated rings. The number of nitrogens with zero attached hydrogens (tertiary/aromatic N) is 2. The van der Waals surface area contributed by atoms with Crippen LogP contribution in [0.1, 0.15) is 40.2 Å². The minimum atomic E-state index is -0.448. The van der Waals surface area contributed by atoms with Crippen molar-refractivity contribution in [2.24, 2.45) is 0 Å². The highest BCUT2D eigenvalue weighted by atomic mass is 32.2. The average Bonchev–Trinajstić information content (AvgIpc) is 3.24. The van der Waals surface area contributed by atoms with Crippen molar-refractivity contribution >= 4 is 40.0 Å². The number of carbonyl (C=O) groups is 2. The van der Waals surface area contributed by atoms with E-state index in [1.807, 2.05) is 18.2 Å². The molecular formula is C19H21N3O2S2. The van der Waals surface area contributed by atoms with Gasteiger partial charge < -0.3 is 10.2 Å². The number of hydrogen-bond donors (Lipinski definition) is 1. The van der Waals surface area contributed by atoms with Gasteiger partial charge >= 0.3 is 0 Å². The fourth-order valence-electron chi connectivity index (χ4n) is 3.38. The molecule has 0 unspecified atom stereocenters. The third-order valence-corrected chi connectivity index (χ3v) is 6.88. The van der Waals surface area contributed by atoms with E-state index >= 15 is 0 Å². The second kappa shape index (κ2) is 7.80. The van der Waals surface area contributed by atoms with Crippen molar-refractivity contribution in [3.8, 4) is 0 Å². The molecule has 0 bridgehead atoms. The maximum absolute atomic E-state index is 12.8. The third kappa shape index (κ3) is 3.64. The fraction of sp³-hybridized carbons (Fsp3) is 0.421. The minimum Gasteiger partial charge on any atom is -0.316 e. The topological polar surface area (TPSA) is 62.3 Å².